The number of carbonyl (C=O) groups is 4. The first kappa shape index (κ1) is 15.9. The number of primary amides is 2. The number of hydrogen-bond donors (Lipinski definition) is 3. The van der Waals surface area contributed by atoms with Crippen LogP contribution in [0.25, 0.3) is 0 Å². The van der Waals surface area contributed by atoms with Crippen LogP contribution in [0, 0.1) is 0 Å². The Bertz CT molecular complexity index is 697. The van der Waals surface area contributed by atoms with Crippen LogP contribution >= 0.6 is 0 Å². The molecule has 23 heavy (non-hydrogen) atoms. The largest absolute Gasteiger partial charge is 0.351 e. The number of fused-ring (bicyclic) bond motifs is 2. The van der Waals surface area contributed by atoms with E-state index in [4.69, 9.17) is 0 Å². The van der Waals surface area contributed by atoms with E-state index >= 15 is 0 Å². The molecule has 0 aliphatic heterocycles. The van der Waals surface area contributed by atoms with Gasteiger partial charge in [-0.2, -0.15) is 0 Å². The van der Waals surface area contributed by atoms with Crippen LogP contribution < -0.4 is 16.8 Å². The van der Waals surface area contributed by atoms with Crippen molar-refractivity contribution in [3.8, 4) is 0 Å². The van der Waals surface area contributed by atoms with Crippen LogP contribution in [0.5, 0.6) is 0 Å². The Morgan fingerprint density at radius 3 is 1.09 bits per heavy atom. The molecule has 5 N–H and O–H groups in total. The van der Waals surface area contributed by atoms with Crippen molar-refractivity contribution in [2.75, 3.05) is 0 Å². The van der Waals surface area contributed by atoms with E-state index in [2.05, 4.69) is 11.5 Å². The number of nitrogens with two attached hydrogens (primary N) is 2. The van der Waals surface area contributed by atoms with E-state index < -0.39 is 12.1 Å². The van der Waals surface area contributed by atoms with Crippen LogP contribution in [-0.4, -0.2) is 23.6 Å². The molecular formula is C16H13N3O4. The fourth-order valence-electron chi connectivity index (χ4n) is 2.17. The maximum Gasteiger partial charge on any atom is 0.320 e. The SMILES string of the molecule is NC(=O)NC(N)=O.O=C1c2ccccc2C(=O)c2ccccc21. The van der Waals surface area contributed by atoms with Crippen LogP contribution in [0.1, 0.15) is 31.8 Å². The van der Waals surface area contributed by atoms with Crippen molar-refractivity contribution < 1.29 is 19.2 Å². The third-order valence-corrected chi connectivity index (χ3v) is 3.08. The Labute approximate surface area is 131 Å². The average Bonchev–Trinajstić information content (AvgIpc) is 2.52. The van der Waals surface area contributed by atoms with Crippen molar-refractivity contribution in [2.45, 2.75) is 0 Å². The average molecular weight is 311 g/mol. The van der Waals surface area contributed by atoms with E-state index in [0.29, 0.717) is 22.3 Å². The Hall–Kier alpha value is -3.48. The van der Waals surface area contributed by atoms with Gasteiger partial charge in [0.15, 0.2) is 11.6 Å². The molecule has 7 nitrogen and oxygen atoms in total. The molecule has 0 saturated carbocycles. The molecule has 7 heteroatoms. The molecule has 4 amide bonds. The first-order valence-electron chi connectivity index (χ1n) is 6.55. The van der Waals surface area contributed by atoms with Crippen molar-refractivity contribution >= 4 is 23.6 Å². The summed E-state index contributed by atoms with van der Waals surface area (Å²) in [4.78, 5) is 43.4. The predicted octanol–water partition coefficient (Wildman–Crippen LogP) is 1.20. The van der Waals surface area contributed by atoms with Gasteiger partial charge >= 0.3 is 12.1 Å². The second-order valence-corrected chi connectivity index (χ2v) is 4.60. The molecule has 1 aliphatic carbocycles. The number of amides is 4. The van der Waals surface area contributed by atoms with Crippen LogP contribution in [-0.2, 0) is 0 Å². The summed E-state index contributed by atoms with van der Waals surface area (Å²) in [6, 6.07) is 12.0. The summed E-state index contributed by atoms with van der Waals surface area (Å²) < 4.78 is 0. The highest BCUT2D eigenvalue weighted by atomic mass is 16.2. The van der Waals surface area contributed by atoms with Gasteiger partial charge in [-0.25, -0.2) is 9.59 Å². The lowest BCUT2D eigenvalue weighted by atomic mass is 9.84. The first-order valence-corrected chi connectivity index (χ1v) is 6.55. The number of nitrogens with one attached hydrogen (secondary N) is 1. The fourth-order valence-corrected chi connectivity index (χ4v) is 2.17. The summed E-state index contributed by atoms with van der Waals surface area (Å²) in [5.41, 5.74) is 10.9. The van der Waals surface area contributed by atoms with E-state index in [1.165, 1.54) is 0 Å². The molecular weight excluding hydrogens is 298 g/mol. The second-order valence-electron chi connectivity index (χ2n) is 4.60. The van der Waals surface area contributed by atoms with Gasteiger partial charge in [0.05, 0.1) is 0 Å². The molecule has 3 rings (SSSR count). The Kier molecular flexibility index (Phi) is 4.51. The number of benzene rings is 2. The normalized spacial score (nSPS) is 11.5. The van der Waals surface area contributed by atoms with Crippen LogP contribution in [0.2, 0.25) is 0 Å². The topological polar surface area (TPSA) is 132 Å². The maximum absolute atomic E-state index is 12.1. The summed E-state index contributed by atoms with van der Waals surface area (Å²) in [7, 11) is 0. The number of ketones is 2. The molecule has 2 aromatic rings. The lowest BCUT2D eigenvalue weighted by molar-refractivity contribution is 0.0979. The summed E-state index contributed by atoms with van der Waals surface area (Å²) in [5, 5.41) is 1.58. The molecule has 0 radical (unpaired) electrons. The van der Waals surface area contributed by atoms with Gasteiger partial charge in [0.1, 0.15) is 0 Å². The zero-order valence-corrected chi connectivity index (χ0v) is 11.9. The van der Waals surface area contributed by atoms with Crippen molar-refractivity contribution in [3.05, 3.63) is 70.8 Å². The Morgan fingerprint density at radius 1 is 0.652 bits per heavy atom. The van der Waals surface area contributed by atoms with Gasteiger partial charge in [0.2, 0.25) is 0 Å². The molecule has 1 aliphatic rings. The number of hydrogen-bond acceptors (Lipinski definition) is 4. The summed E-state index contributed by atoms with van der Waals surface area (Å²) in [5.74, 6) is -0.128. The number of carbonyl (C=O) groups excluding carboxylic acids is 4. The second kappa shape index (κ2) is 6.52. The first-order chi connectivity index (χ1) is 10.9. The third-order valence-electron chi connectivity index (χ3n) is 3.08. The van der Waals surface area contributed by atoms with Crippen LogP contribution in [0.4, 0.5) is 9.59 Å². The maximum atomic E-state index is 12.1. The fraction of sp³-hybridized carbons (Fsp3) is 0. The van der Waals surface area contributed by atoms with Crippen molar-refractivity contribution in [3.63, 3.8) is 0 Å². The van der Waals surface area contributed by atoms with E-state index in [0.717, 1.165) is 0 Å². The van der Waals surface area contributed by atoms with Crippen molar-refractivity contribution in [1.29, 1.82) is 0 Å². The molecule has 0 fully saturated rings. The molecule has 0 bridgehead atoms. The number of urea groups is 2. The van der Waals surface area contributed by atoms with Crippen molar-refractivity contribution in [1.82, 2.24) is 5.32 Å². The van der Waals surface area contributed by atoms with Gasteiger partial charge in [0.25, 0.3) is 0 Å². The quantitative estimate of drug-likeness (QED) is 0.575. The molecule has 0 spiro atoms. The highest BCUT2D eigenvalue weighted by Crippen LogP contribution is 2.26. The molecule has 0 saturated heterocycles. The van der Waals surface area contributed by atoms with Gasteiger partial charge in [-0.05, 0) is 0 Å². The van der Waals surface area contributed by atoms with Crippen LogP contribution in [0.15, 0.2) is 48.5 Å². The zero-order valence-electron chi connectivity index (χ0n) is 11.9. The molecule has 116 valence electrons. The molecule has 0 atom stereocenters. The third kappa shape index (κ3) is 3.41. The highest BCUT2D eigenvalue weighted by Gasteiger charge is 2.28. The number of rotatable bonds is 0. The Balaban J connectivity index is 0.000000236. The van der Waals surface area contributed by atoms with Gasteiger partial charge in [-0.15, -0.1) is 0 Å². The number of imide groups is 1. The van der Waals surface area contributed by atoms with Gasteiger partial charge in [0, 0.05) is 22.3 Å². The Morgan fingerprint density at radius 2 is 0.913 bits per heavy atom. The minimum Gasteiger partial charge on any atom is -0.351 e. The summed E-state index contributed by atoms with van der Waals surface area (Å²) in [6.07, 6.45) is 0. The standard InChI is InChI=1S/C14H8O2.C2H5N3O2/c15-13-9-5-1-2-6-10(9)14(16)12-8-4-3-7-11(12)13;3-1(6)5-2(4)7/h1-8H;(H5,3,4,5,6,7). The molecule has 2 aromatic carbocycles. The zero-order chi connectivity index (χ0) is 17.0. The minimum atomic E-state index is -0.938. The summed E-state index contributed by atoms with van der Waals surface area (Å²) >= 11 is 0. The smallest absolute Gasteiger partial charge is 0.320 e. The van der Waals surface area contributed by atoms with Crippen LogP contribution in [0.3, 0.4) is 0 Å². The monoisotopic (exact) mass is 311 g/mol. The minimum absolute atomic E-state index is 0.0641. The predicted molar refractivity (Wildman–Crippen MR) is 82.1 cm³/mol. The van der Waals surface area contributed by atoms with Gasteiger partial charge in [-0.3, -0.25) is 14.9 Å². The van der Waals surface area contributed by atoms with E-state index in [1.807, 2.05) is 0 Å². The highest BCUT2D eigenvalue weighted by molar-refractivity contribution is 6.28. The van der Waals surface area contributed by atoms with Gasteiger partial charge < -0.3 is 11.5 Å². The van der Waals surface area contributed by atoms with Gasteiger partial charge in [-0.1, -0.05) is 48.5 Å². The van der Waals surface area contributed by atoms with E-state index in [-0.39, 0.29) is 11.6 Å². The lowest BCUT2D eigenvalue weighted by Crippen LogP contribution is -2.38. The van der Waals surface area contributed by atoms with E-state index in [1.54, 1.807) is 53.8 Å². The molecule has 0 heterocycles. The molecule has 0 unspecified atom stereocenters. The lowest BCUT2D eigenvalue weighted by Gasteiger charge is -2.16. The van der Waals surface area contributed by atoms with E-state index in [9.17, 15) is 19.2 Å². The summed E-state index contributed by atoms with van der Waals surface area (Å²) in [6.45, 7) is 0. The molecule has 0 aromatic heterocycles. The van der Waals surface area contributed by atoms with Crippen molar-refractivity contribution in [2.24, 2.45) is 11.5 Å².